The minimum atomic E-state index is -0.226. The molecule has 2 aromatic heterocycles. The molecule has 0 bridgehead atoms. The van der Waals surface area contributed by atoms with Gasteiger partial charge in [0.1, 0.15) is 17.2 Å². The molecule has 1 aliphatic carbocycles. The van der Waals surface area contributed by atoms with E-state index in [0.717, 1.165) is 41.3 Å². The summed E-state index contributed by atoms with van der Waals surface area (Å²) in [5, 5.41) is 6.69. The third-order valence-electron chi connectivity index (χ3n) is 4.97. The summed E-state index contributed by atoms with van der Waals surface area (Å²) < 4.78 is 18.6. The summed E-state index contributed by atoms with van der Waals surface area (Å²) in [6.45, 7) is 2.64. The predicted octanol–water partition coefficient (Wildman–Crippen LogP) is 4.85. The molecule has 2 heterocycles. The topological polar surface area (TPSA) is 62.6 Å². The third-order valence-corrected chi connectivity index (χ3v) is 5.85. The molecule has 0 atom stereocenters. The highest BCUT2D eigenvalue weighted by Crippen LogP contribution is 2.41. The highest BCUT2D eigenvalue weighted by Gasteiger charge is 2.22. The van der Waals surface area contributed by atoms with E-state index in [1.807, 2.05) is 35.8 Å². The van der Waals surface area contributed by atoms with Crippen molar-refractivity contribution in [1.29, 1.82) is 0 Å². The summed E-state index contributed by atoms with van der Waals surface area (Å²) in [4.78, 5) is 12.7. The molecular formula is C22H24N2O4S. The van der Waals surface area contributed by atoms with Crippen molar-refractivity contribution in [2.24, 2.45) is 0 Å². The van der Waals surface area contributed by atoms with Crippen LogP contribution in [-0.4, -0.2) is 29.5 Å². The third kappa shape index (κ3) is 4.15. The monoisotopic (exact) mass is 412 g/mol. The van der Waals surface area contributed by atoms with E-state index in [0.29, 0.717) is 18.9 Å². The number of thiophene rings is 1. The lowest BCUT2D eigenvalue weighted by atomic mass is 10.1. The Morgan fingerprint density at radius 1 is 1.17 bits per heavy atom. The molecule has 0 amide bonds. The smallest absolute Gasteiger partial charge is 0.307 e. The number of methoxy groups -OCH3 is 1. The molecule has 0 saturated heterocycles. The van der Waals surface area contributed by atoms with Gasteiger partial charge >= 0.3 is 5.97 Å². The summed E-state index contributed by atoms with van der Waals surface area (Å²) in [6.07, 6.45) is 5.22. The summed E-state index contributed by atoms with van der Waals surface area (Å²) >= 11 is 1.61. The molecule has 29 heavy (non-hydrogen) atoms. The standard InChI is InChI=1S/C22H24N2O4S/c1-3-27-21(25)11-12-24-14-19(22(23-24)20-8-5-13-29-20)28-18-10-9-17(26-2)15-6-4-7-16(15)18/h5,8-10,13-14H,3-4,6-7,11-12H2,1-2H3. The Morgan fingerprint density at radius 2 is 1.97 bits per heavy atom. The number of hydrogen-bond acceptors (Lipinski definition) is 6. The van der Waals surface area contributed by atoms with E-state index < -0.39 is 0 Å². The van der Waals surface area contributed by atoms with Gasteiger partial charge in [-0.3, -0.25) is 9.48 Å². The van der Waals surface area contributed by atoms with Gasteiger partial charge in [0, 0.05) is 11.1 Å². The second-order valence-electron chi connectivity index (χ2n) is 6.82. The summed E-state index contributed by atoms with van der Waals surface area (Å²) in [6, 6.07) is 7.95. The quantitative estimate of drug-likeness (QED) is 0.495. The SMILES string of the molecule is CCOC(=O)CCn1cc(Oc2ccc(OC)c3c2CCC3)c(-c2cccs2)n1. The number of carbonyl (C=O) groups is 1. The predicted molar refractivity (Wildman–Crippen MR) is 112 cm³/mol. The number of ether oxygens (including phenoxy) is 3. The van der Waals surface area contributed by atoms with Gasteiger partial charge in [-0.25, -0.2) is 0 Å². The molecule has 152 valence electrons. The molecule has 0 unspecified atom stereocenters. The van der Waals surface area contributed by atoms with Gasteiger partial charge in [0.2, 0.25) is 0 Å². The van der Waals surface area contributed by atoms with Crippen LogP contribution in [0.15, 0.2) is 35.8 Å². The fourth-order valence-electron chi connectivity index (χ4n) is 3.66. The van der Waals surface area contributed by atoms with Crippen molar-refractivity contribution in [2.45, 2.75) is 39.2 Å². The van der Waals surface area contributed by atoms with Crippen LogP contribution in [0.2, 0.25) is 0 Å². The van der Waals surface area contributed by atoms with Crippen molar-refractivity contribution in [3.8, 4) is 27.8 Å². The van der Waals surface area contributed by atoms with E-state index in [4.69, 9.17) is 14.2 Å². The zero-order valence-electron chi connectivity index (χ0n) is 16.6. The largest absolute Gasteiger partial charge is 0.496 e. The number of esters is 1. The van der Waals surface area contributed by atoms with E-state index in [2.05, 4.69) is 5.10 Å². The minimum absolute atomic E-state index is 0.226. The lowest BCUT2D eigenvalue weighted by Gasteiger charge is -2.13. The number of nitrogens with zero attached hydrogens (tertiary/aromatic N) is 2. The number of benzene rings is 1. The van der Waals surface area contributed by atoms with Crippen LogP contribution in [0.1, 0.15) is 30.9 Å². The second kappa shape index (κ2) is 8.69. The molecule has 0 radical (unpaired) electrons. The van der Waals surface area contributed by atoms with Crippen LogP contribution in [0.3, 0.4) is 0 Å². The van der Waals surface area contributed by atoms with E-state index in [-0.39, 0.29) is 12.4 Å². The molecule has 0 N–H and O–H groups in total. The van der Waals surface area contributed by atoms with Crippen molar-refractivity contribution in [1.82, 2.24) is 9.78 Å². The van der Waals surface area contributed by atoms with E-state index >= 15 is 0 Å². The Balaban J connectivity index is 1.63. The maximum atomic E-state index is 11.7. The van der Waals surface area contributed by atoms with Gasteiger partial charge in [0.15, 0.2) is 5.75 Å². The molecule has 0 spiro atoms. The molecule has 1 aromatic carbocycles. The van der Waals surface area contributed by atoms with Gasteiger partial charge in [-0.15, -0.1) is 11.3 Å². The van der Waals surface area contributed by atoms with E-state index in [1.54, 1.807) is 30.1 Å². The summed E-state index contributed by atoms with van der Waals surface area (Å²) in [5.74, 6) is 2.24. The molecule has 0 fully saturated rings. The first kappa shape index (κ1) is 19.5. The van der Waals surface area contributed by atoms with Gasteiger partial charge in [0.25, 0.3) is 0 Å². The first-order chi connectivity index (χ1) is 14.2. The lowest BCUT2D eigenvalue weighted by molar-refractivity contribution is -0.143. The number of fused-ring (bicyclic) bond motifs is 1. The molecule has 4 rings (SSSR count). The van der Waals surface area contributed by atoms with Crippen molar-refractivity contribution in [3.05, 3.63) is 47.0 Å². The average Bonchev–Trinajstić information content (AvgIpc) is 3.47. The van der Waals surface area contributed by atoms with Crippen LogP contribution in [0.4, 0.5) is 0 Å². The van der Waals surface area contributed by atoms with Crippen LogP contribution >= 0.6 is 11.3 Å². The van der Waals surface area contributed by atoms with Crippen LogP contribution in [0.25, 0.3) is 10.6 Å². The zero-order chi connectivity index (χ0) is 20.2. The number of aryl methyl sites for hydroxylation is 1. The molecule has 3 aromatic rings. The minimum Gasteiger partial charge on any atom is -0.496 e. The van der Waals surface area contributed by atoms with Gasteiger partial charge in [0.05, 0.1) is 37.8 Å². The highest BCUT2D eigenvalue weighted by molar-refractivity contribution is 7.13. The van der Waals surface area contributed by atoms with Crippen molar-refractivity contribution >= 4 is 17.3 Å². The second-order valence-corrected chi connectivity index (χ2v) is 7.76. The molecule has 0 aliphatic heterocycles. The maximum Gasteiger partial charge on any atom is 0.307 e. The van der Waals surface area contributed by atoms with Crippen LogP contribution in [0.5, 0.6) is 17.2 Å². The Morgan fingerprint density at radius 3 is 2.69 bits per heavy atom. The molecule has 6 nitrogen and oxygen atoms in total. The molecule has 7 heteroatoms. The Bertz CT molecular complexity index is 995. The zero-order valence-corrected chi connectivity index (χ0v) is 17.5. The fraction of sp³-hybridized carbons (Fsp3) is 0.364. The lowest BCUT2D eigenvalue weighted by Crippen LogP contribution is -2.09. The first-order valence-electron chi connectivity index (χ1n) is 9.83. The van der Waals surface area contributed by atoms with Gasteiger partial charge in [-0.2, -0.15) is 5.10 Å². The van der Waals surface area contributed by atoms with Crippen molar-refractivity contribution in [3.63, 3.8) is 0 Å². The van der Waals surface area contributed by atoms with Gasteiger partial charge in [-0.05, 0) is 49.8 Å². The molecular weight excluding hydrogens is 388 g/mol. The number of aromatic nitrogens is 2. The Hall–Kier alpha value is -2.80. The van der Waals surface area contributed by atoms with E-state index in [1.165, 1.54) is 11.1 Å². The Labute approximate surface area is 174 Å². The first-order valence-corrected chi connectivity index (χ1v) is 10.7. The van der Waals surface area contributed by atoms with Crippen LogP contribution in [-0.2, 0) is 28.9 Å². The fourth-order valence-corrected chi connectivity index (χ4v) is 4.37. The van der Waals surface area contributed by atoms with Gasteiger partial charge < -0.3 is 14.2 Å². The summed E-state index contributed by atoms with van der Waals surface area (Å²) in [7, 11) is 1.71. The highest BCUT2D eigenvalue weighted by atomic mass is 32.1. The molecule has 1 aliphatic rings. The maximum absolute atomic E-state index is 11.7. The van der Waals surface area contributed by atoms with Crippen molar-refractivity contribution in [2.75, 3.05) is 13.7 Å². The number of carbonyl (C=O) groups excluding carboxylic acids is 1. The van der Waals surface area contributed by atoms with Crippen molar-refractivity contribution < 1.29 is 19.0 Å². The molecule has 0 saturated carbocycles. The van der Waals surface area contributed by atoms with E-state index in [9.17, 15) is 4.79 Å². The van der Waals surface area contributed by atoms with Crippen LogP contribution in [0, 0.1) is 0 Å². The number of hydrogen-bond donors (Lipinski definition) is 0. The number of rotatable bonds is 8. The summed E-state index contributed by atoms with van der Waals surface area (Å²) in [5.41, 5.74) is 3.23. The Kier molecular flexibility index (Phi) is 5.85. The van der Waals surface area contributed by atoms with Crippen LogP contribution < -0.4 is 9.47 Å². The normalized spacial score (nSPS) is 12.6. The van der Waals surface area contributed by atoms with Gasteiger partial charge in [-0.1, -0.05) is 6.07 Å². The average molecular weight is 413 g/mol.